The SMILES string of the molecule is C[Si](C)(CCCNC(=O)c1cc(Cl)ccc1N)O[Si](C)(C)CCCNC(=O)c1cc(Cl)ccc1N. The largest absolute Gasteiger partial charge is 0.455 e. The summed E-state index contributed by atoms with van der Waals surface area (Å²) in [6, 6.07) is 11.6. The number of nitrogens with one attached hydrogen (secondary N) is 2. The molecule has 0 spiro atoms. The maximum atomic E-state index is 12.4. The average molecular weight is 556 g/mol. The molecule has 0 heterocycles. The zero-order valence-electron chi connectivity index (χ0n) is 20.8. The number of nitrogen functional groups attached to an aromatic ring is 2. The van der Waals surface area contributed by atoms with Crippen molar-refractivity contribution in [3.05, 3.63) is 57.6 Å². The predicted octanol–water partition coefficient (Wildman–Crippen LogP) is 5.52. The molecule has 0 unspecified atom stereocenters. The quantitative estimate of drug-likeness (QED) is 0.156. The number of hydrogen-bond donors (Lipinski definition) is 4. The molecule has 0 aliphatic carbocycles. The first kappa shape index (κ1) is 29.2. The van der Waals surface area contributed by atoms with Gasteiger partial charge in [0.1, 0.15) is 0 Å². The molecule has 35 heavy (non-hydrogen) atoms. The Balaban J connectivity index is 1.72. The van der Waals surface area contributed by atoms with Crippen LogP contribution in [-0.4, -0.2) is 41.5 Å². The predicted molar refractivity (Wildman–Crippen MR) is 151 cm³/mol. The second-order valence-electron chi connectivity index (χ2n) is 9.80. The van der Waals surface area contributed by atoms with Crippen molar-refractivity contribution in [1.82, 2.24) is 10.6 Å². The molecule has 0 saturated carbocycles. The first-order valence-corrected chi connectivity index (χ1v) is 18.6. The van der Waals surface area contributed by atoms with E-state index in [0.29, 0.717) is 45.6 Å². The summed E-state index contributed by atoms with van der Waals surface area (Å²) in [5.41, 5.74) is 13.4. The van der Waals surface area contributed by atoms with E-state index in [1.807, 2.05) is 0 Å². The number of benzene rings is 2. The molecule has 2 rings (SSSR count). The van der Waals surface area contributed by atoms with Gasteiger partial charge in [-0.05, 0) is 87.5 Å². The molecule has 2 amide bonds. The van der Waals surface area contributed by atoms with Crippen molar-refractivity contribution in [3.63, 3.8) is 0 Å². The maximum Gasteiger partial charge on any atom is 0.253 e. The van der Waals surface area contributed by atoms with Gasteiger partial charge in [0.2, 0.25) is 0 Å². The first-order valence-electron chi connectivity index (χ1n) is 11.7. The van der Waals surface area contributed by atoms with Crippen molar-refractivity contribution in [3.8, 4) is 0 Å². The van der Waals surface area contributed by atoms with Crippen LogP contribution in [0.3, 0.4) is 0 Å². The molecule has 0 aliphatic rings. The Kier molecular flexibility index (Phi) is 10.7. The monoisotopic (exact) mass is 554 g/mol. The number of hydrogen-bond acceptors (Lipinski definition) is 5. The highest BCUT2D eigenvalue weighted by molar-refractivity contribution is 6.84. The summed E-state index contributed by atoms with van der Waals surface area (Å²) in [5.74, 6) is -0.441. The molecule has 0 fully saturated rings. The highest BCUT2D eigenvalue weighted by atomic mass is 35.5. The fraction of sp³-hybridized carbons (Fsp3) is 0.417. The minimum absolute atomic E-state index is 0.221. The number of carbonyl (C=O) groups excluding carboxylic acids is 2. The van der Waals surface area contributed by atoms with Crippen LogP contribution in [0.5, 0.6) is 0 Å². The Labute approximate surface area is 220 Å². The summed E-state index contributed by atoms with van der Waals surface area (Å²) in [7, 11) is -3.82. The lowest BCUT2D eigenvalue weighted by molar-refractivity contribution is 0.0946. The highest BCUT2D eigenvalue weighted by Crippen LogP contribution is 2.24. The number of amides is 2. The van der Waals surface area contributed by atoms with Gasteiger partial charge in [-0.2, -0.15) is 0 Å². The van der Waals surface area contributed by atoms with Crippen LogP contribution >= 0.6 is 23.2 Å². The van der Waals surface area contributed by atoms with Gasteiger partial charge in [0, 0.05) is 34.5 Å². The normalized spacial score (nSPS) is 11.8. The molecule has 11 heteroatoms. The van der Waals surface area contributed by atoms with Gasteiger partial charge in [-0.25, -0.2) is 0 Å². The summed E-state index contributed by atoms with van der Waals surface area (Å²) in [6.07, 6.45) is 1.65. The second-order valence-corrected chi connectivity index (χ2v) is 19.5. The smallest absolute Gasteiger partial charge is 0.253 e. The maximum absolute atomic E-state index is 12.4. The van der Waals surface area contributed by atoms with E-state index in [9.17, 15) is 9.59 Å². The van der Waals surface area contributed by atoms with Crippen LogP contribution in [0.15, 0.2) is 36.4 Å². The lowest BCUT2D eigenvalue weighted by atomic mass is 10.1. The van der Waals surface area contributed by atoms with E-state index in [-0.39, 0.29) is 11.8 Å². The lowest BCUT2D eigenvalue weighted by Gasteiger charge is -2.34. The van der Waals surface area contributed by atoms with Crippen LogP contribution < -0.4 is 22.1 Å². The Morgan fingerprint density at radius 2 is 1.14 bits per heavy atom. The van der Waals surface area contributed by atoms with Crippen molar-refractivity contribution in [2.45, 2.75) is 51.1 Å². The van der Waals surface area contributed by atoms with Crippen LogP contribution in [0.4, 0.5) is 11.4 Å². The molecular formula is C24H36Cl2N4O3Si2. The Hall–Kier alpha value is -2.05. The second kappa shape index (κ2) is 12.8. The van der Waals surface area contributed by atoms with E-state index in [0.717, 1.165) is 24.9 Å². The van der Waals surface area contributed by atoms with Crippen molar-refractivity contribution >= 4 is 63.0 Å². The summed E-state index contributed by atoms with van der Waals surface area (Å²) in [6.45, 7) is 9.94. The number of carbonyl (C=O) groups is 2. The molecule has 0 saturated heterocycles. The minimum Gasteiger partial charge on any atom is -0.455 e. The Bertz CT molecular complexity index is 970. The van der Waals surface area contributed by atoms with E-state index in [1.165, 1.54) is 0 Å². The van der Waals surface area contributed by atoms with Crippen molar-refractivity contribution in [1.29, 1.82) is 0 Å². The Morgan fingerprint density at radius 1 is 0.771 bits per heavy atom. The van der Waals surface area contributed by atoms with Gasteiger partial charge in [0.25, 0.3) is 11.8 Å². The molecular weight excluding hydrogens is 519 g/mol. The van der Waals surface area contributed by atoms with Crippen molar-refractivity contribution in [2.75, 3.05) is 24.6 Å². The van der Waals surface area contributed by atoms with E-state index < -0.39 is 16.6 Å². The molecule has 2 aromatic carbocycles. The zero-order valence-corrected chi connectivity index (χ0v) is 24.4. The highest BCUT2D eigenvalue weighted by Gasteiger charge is 2.32. The van der Waals surface area contributed by atoms with Crippen molar-refractivity contribution < 1.29 is 13.7 Å². The topological polar surface area (TPSA) is 119 Å². The molecule has 192 valence electrons. The Morgan fingerprint density at radius 3 is 1.51 bits per heavy atom. The van der Waals surface area contributed by atoms with Gasteiger partial charge in [-0.15, -0.1) is 0 Å². The number of halogens is 2. The van der Waals surface area contributed by atoms with E-state index in [2.05, 4.69) is 36.8 Å². The lowest BCUT2D eigenvalue weighted by Crippen LogP contribution is -2.45. The minimum atomic E-state index is -1.91. The molecule has 7 nitrogen and oxygen atoms in total. The zero-order chi connectivity index (χ0) is 26.2. The third-order valence-electron chi connectivity index (χ3n) is 5.55. The van der Waals surface area contributed by atoms with E-state index >= 15 is 0 Å². The van der Waals surface area contributed by atoms with Crippen LogP contribution in [0, 0.1) is 0 Å². The van der Waals surface area contributed by atoms with Crippen LogP contribution in [0.25, 0.3) is 0 Å². The van der Waals surface area contributed by atoms with Gasteiger partial charge in [0.15, 0.2) is 16.6 Å². The summed E-state index contributed by atoms with van der Waals surface area (Å²) < 4.78 is 6.66. The van der Waals surface area contributed by atoms with Gasteiger partial charge in [-0.3, -0.25) is 9.59 Å². The molecule has 0 aromatic heterocycles. The van der Waals surface area contributed by atoms with Gasteiger partial charge < -0.3 is 26.2 Å². The summed E-state index contributed by atoms with van der Waals surface area (Å²) in [5, 5.41) is 6.79. The van der Waals surface area contributed by atoms with Gasteiger partial charge in [0.05, 0.1) is 11.1 Å². The first-order chi connectivity index (χ1) is 16.3. The molecule has 0 aliphatic heterocycles. The van der Waals surface area contributed by atoms with Gasteiger partial charge in [-0.1, -0.05) is 23.2 Å². The van der Waals surface area contributed by atoms with E-state index in [1.54, 1.807) is 36.4 Å². The van der Waals surface area contributed by atoms with E-state index in [4.69, 9.17) is 38.8 Å². The molecule has 0 bridgehead atoms. The number of anilines is 2. The van der Waals surface area contributed by atoms with Crippen LogP contribution in [-0.2, 0) is 4.12 Å². The average Bonchev–Trinajstić information content (AvgIpc) is 2.76. The fourth-order valence-electron chi connectivity index (χ4n) is 3.92. The molecule has 0 atom stereocenters. The van der Waals surface area contributed by atoms with Crippen LogP contribution in [0.1, 0.15) is 33.6 Å². The summed E-state index contributed by atoms with van der Waals surface area (Å²) >= 11 is 11.9. The fourth-order valence-corrected chi connectivity index (χ4v) is 13.1. The molecule has 2 aromatic rings. The summed E-state index contributed by atoms with van der Waals surface area (Å²) in [4.78, 5) is 24.8. The molecule has 6 N–H and O–H groups in total. The standard InChI is InChI=1S/C24H36Cl2N4O3Si2/c1-34(2,13-5-11-29-23(31)19-15-17(25)7-9-21(19)27)33-35(3,4)14-6-12-30-24(32)20-16-18(26)8-10-22(20)28/h7-10,15-16H,5-6,11-14,27-28H2,1-4H3,(H,29,31)(H,30,32). The third-order valence-corrected chi connectivity index (χ3v) is 13.6. The van der Waals surface area contributed by atoms with Crippen LogP contribution in [0.2, 0.25) is 48.3 Å². The van der Waals surface area contributed by atoms with Crippen molar-refractivity contribution in [2.24, 2.45) is 0 Å². The molecule has 0 radical (unpaired) electrons. The number of rotatable bonds is 12. The third kappa shape index (κ3) is 9.85. The number of nitrogens with two attached hydrogens (primary N) is 2. The van der Waals surface area contributed by atoms with Gasteiger partial charge >= 0.3 is 0 Å².